The van der Waals surface area contributed by atoms with Crippen LogP contribution >= 0.6 is 0 Å². The number of carbonyl (C=O) groups is 2. The van der Waals surface area contributed by atoms with Gasteiger partial charge in [-0.25, -0.2) is 0 Å². The molecular weight excluding hydrogens is 320 g/mol. The van der Waals surface area contributed by atoms with Crippen molar-refractivity contribution < 1.29 is 19.4 Å². The van der Waals surface area contributed by atoms with Crippen LogP contribution in [0.5, 0.6) is 11.5 Å². The quantitative estimate of drug-likeness (QED) is 0.791. The lowest BCUT2D eigenvalue weighted by Gasteiger charge is -2.17. The van der Waals surface area contributed by atoms with E-state index in [9.17, 15) is 9.59 Å². The van der Waals surface area contributed by atoms with Gasteiger partial charge in [0.2, 0.25) is 0 Å². The highest BCUT2D eigenvalue weighted by Gasteiger charge is 2.31. The maximum absolute atomic E-state index is 12.3. The zero-order chi connectivity index (χ0) is 17.8. The van der Waals surface area contributed by atoms with Gasteiger partial charge in [-0.3, -0.25) is 14.5 Å². The highest BCUT2D eigenvalue weighted by molar-refractivity contribution is 6.17. The minimum absolute atomic E-state index is 0.0273. The van der Waals surface area contributed by atoms with E-state index in [1.165, 1.54) is 6.08 Å². The fraction of sp³-hybridized carbons (Fsp3) is 0.158. The second-order valence-corrected chi connectivity index (χ2v) is 5.56. The highest BCUT2D eigenvalue weighted by atomic mass is 16.5. The number of hydrogen-bond donors (Lipinski definition) is 2. The Balaban J connectivity index is 1.87. The lowest BCUT2D eigenvalue weighted by atomic mass is 10.1. The van der Waals surface area contributed by atoms with Crippen LogP contribution in [0.25, 0.3) is 0 Å². The van der Waals surface area contributed by atoms with Crippen molar-refractivity contribution in [1.29, 1.82) is 0 Å². The van der Waals surface area contributed by atoms with E-state index >= 15 is 0 Å². The minimum Gasteiger partial charge on any atom is -0.455 e. The molecule has 0 aromatic heterocycles. The Hall–Kier alpha value is -3.12. The van der Waals surface area contributed by atoms with E-state index in [2.05, 4.69) is 5.32 Å². The van der Waals surface area contributed by atoms with Gasteiger partial charge in [0.05, 0.1) is 18.8 Å². The smallest absolute Gasteiger partial charge is 0.277 e. The Labute approximate surface area is 145 Å². The average Bonchev–Trinajstić information content (AvgIpc) is 2.87. The fourth-order valence-corrected chi connectivity index (χ4v) is 2.55. The topological polar surface area (TPSA) is 78.9 Å². The summed E-state index contributed by atoms with van der Waals surface area (Å²) in [4.78, 5) is 25.2. The summed E-state index contributed by atoms with van der Waals surface area (Å²) >= 11 is 0. The molecule has 0 aliphatic carbocycles. The third-order valence-electron chi connectivity index (χ3n) is 3.80. The van der Waals surface area contributed by atoms with Crippen molar-refractivity contribution in [2.24, 2.45) is 0 Å². The first kappa shape index (κ1) is 16.7. The van der Waals surface area contributed by atoms with Gasteiger partial charge < -0.3 is 15.2 Å². The first-order valence-electron chi connectivity index (χ1n) is 7.88. The average molecular weight is 338 g/mol. The third-order valence-corrected chi connectivity index (χ3v) is 3.80. The first-order chi connectivity index (χ1) is 12.1. The van der Waals surface area contributed by atoms with Crippen molar-refractivity contribution in [3.8, 4) is 11.5 Å². The minimum atomic E-state index is -0.465. The van der Waals surface area contributed by atoms with E-state index in [0.29, 0.717) is 17.2 Å². The molecule has 1 heterocycles. The summed E-state index contributed by atoms with van der Waals surface area (Å²) in [5, 5.41) is 12.0. The van der Waals surface area contributed by atoms with Gasteiger partial charge in [-0.2, -0.15) is 0 Å². The van der Waals surface area contributed by atoms with E-state index in [-0.39, 0.29) is 18.8 Å². The maximum Gasteiger partial charge on any atom is 0.277 e. The lowest BCUT2D eigenvalue weighted by molar-refractivity contribution is -0.137. The standard InChI is InChI=1S/C19H18N2O4/c1-13-6-5-9-16(25-14-7-3-2-4-8-14)18(13)20-15-12-17(23)21(10-11-22)19(15)24/h2-9,12,20,22H,10-11H2,1H3. The molecule has 0 bridgehead atoms. The third kappa shape index (κ3) is 3.54. The largest absolute Gasteiger partial charge is 0.455 e. The molecule has 1 aliphatic heterocycles. The SMILES string of the molecule is Cc1cccc(Oc2ccccc2)c1NC1=CC(=O)N(CCO)C1=O. The first-order valence-corrected chi connectivity index (χ1v) is 7.88. The van der Waals surface area contributed by atoms with Crippen LogP contribution in [0.3, 0.4) is 0 Å². The predicted molar refractivity (Wildman–Crippen MR) is 93.2 cm³/mol. The number of carbonyl (C=O) groups excluding carboxylic acids is 2. The monoisotopic (exact) mass is 338 g/mol. The second-order valence-electron chi connectivity index (χ2n) is 5.56. The van der Waals surface area contributed by atoms with Gasteiger partial charge >= 0.3 is 0 Å². The van der Waals surface area contributed by atoms with Crippen LogP contribution in [-0.2, 0) is 9.59 Å². The Morgan fingerprint density at radius 3 is 2.56 bits per heavy atom. The van der Waals surface area contributed by atoms with Crippen molar-refractivity contribution in [2.75, 3.05) is 18.5 Å². The van der Waals surface area contributed by atoms with E-state index in [4.69, 9.17) is 9.84 Å². The van der Waals surface area contributed by atoms with Gasteiger partial charge in [0.1, 0.15) is 11.4 Å². The van der Waals surface area contributed by atoms with Gasteiger partial charge in [-0.05, 0) is 30.7 Å². The van der Waals surface area contributed by atoms with Crippen molar-refractivity contribution in [2.45, 2.75) is 6.92 Å². The van der Waals surface area contributed by atoms with Crippen LogP contribution < -0.4 is 10.1 Å². The lowest BCUT2D eigenvalue weighted by Crippen LogP contribution is -2.34. The highest BCUT2D eigenvalue weighted by Crippen LogP contribution is 2.33. The number of aryl methyl sites for hydroxylation is 1. The Kier molecular flexibility index (Phi) is 4.81. The van der Waals surface area contributed by atoms with Gasteiger partial charge in [0.15, 0.2) is 5.75 Å². The summed E-state index contributed by atoms with van der Waals surface area (Å²) in [6.07, 6.45) is 1.23. The van der Waals surface area contributed by atoms with Crippen LogP contribution in [0.1, 0.15) is 5.56 Å². The maximum atomic E-state index is 12.3. The molecule has 0 saturated carbocycles. The normalized spacial score (nSPS) is 13.8. The summed E-state index contributed by atoms with van der Waals surface area (Å²) in [6.45, 7) is 1.58. The summed E-state index contributed by atoms with van der Waals surface area (Å²) in [6, 6.07) is 14.8. The number of aliphatic hydroxyl groups is 1. The summed E-state index contributed by atoms with van der Waals surface area (Å²) in [5.41, 5.74) is 1.64. The molecule has 0 radical (unpaired) electrons. The van der Waals surface area contributed by atoms with Gasteiger partial charge in [-0.15, -0.1) is 0 Å². The molecular formula is C19H18N2O4. The molecule has 1 aliphatic rings. The molecule has 2 N–H and O–H groups in total. The number of nitrogens with zero attached hydrogens (tertiary/aromatic N) is 1. The molecule has 2 aromatic rings. The Bertz CT molecular complexity index is 831. The molecule has 2 aromatic carbocycles. The van der Waals surface area contributed by atoms with Crippen molar-refractivity contribution in [3.63, 3.8) is 0 Å². The molecule has 128 valence electrons. The Morgan fingerprint density at radius 2 is 1.84 bits per heavy atom. The number of β-amino-alcohol motifs (C(OH)–C–C–N with tert-alkyl or cyclic N) is 1. The molecule has 6 nitrogen and oxygen atoms in total. The number of para-hydroxylation sites is 2. The molecule has 0 saturated heterocycles. The van der Waals surface area contributed by atoms with Crippen molar-refractivity contribution in [1.82, 2.24) is 4.90 Å². The van der Waals surface area contributed by atoms with Crippen molar-refractivity contribution >= 4 is 17.5 Å². The number of imide groups is 1. The predicted octanol–water partition coefficient (Wildman–Crippen LogP) is 2.44. The van der Waals surface area contributed by atoms with Crippen LogP contribution in [0, 0.1) is 6.92 Å². The molecule has 0 unspecified atom stereocenters. The number of ether oxygens (including phenoxy) is 1. The number of benzene rings is 2. The molecule has 0 spiro atoms. The molecule has 0 atom stereocenters. The number of anilines is 1. The zero-order valence-corrected chi connectivity index (χ0v) is 13.7. The number of hydrogen-bond acceptors (Lipinski definition) is 5. The summed E-state index contributed by atoms with van der Waals surface area (Å²) < 4.78 is 5.90. The number of rotatable bonds is 6. The summed E-state index contributed by atoms with van der Waals surface area (Å²) in [5.74, 6) is 0.308. The van der Waals surface area contributed by atoms with E-state index in [1.807, 2.05) is 49.4 Å². The second kappa shape index (κ2) is 7.19. The molecule has 0 fully saturated rings. The molecule has 2 amide bonds. The van der Waals surface area contributed by atoms with E-state index in [0.717, 1.165) is 10.5 Å². The number of amides is 2. The molecule has 25 heavy (non-hydrogen) atoms. The van der Waals surface area contributed by atoms with Gasteiger partial charge in [-0.1, -0.05) is 30.3 Å². The Morgan fingerprint density at radius 1 is 1.08 bits per heavy atom. The van der Waals surface area contributed by atoms with Crippen LogP contribution in [0.4, 0.5) is 5.69 Å². The fourth-order valence-electron chi connectivity index (χ4n) is 2.55. The van der Waals surface area contributed by atoms with Crippen LogP contribution in [-0.4, -0.2) is 35.0 Å². The van der Waals surface area contributed by atoms with Crippen LogP contribution in [0.2, 0.25) is 0 Å². The van der Waals surface area contributed by atoms with E-state index in [1.54, 1.807) is 6.07 Å². The number of nitrogens with one attached hydrogen (secondary N) is 1. The number of aliphatic hydroxyl groups excluding tert-OH is 1. The zero-order valence-electron chi connectivity index (χ0n) is 13.7. The molecule has 6 heteroatoms. The van der Waals surface area contributed by atoms with E-state index < -0.39 is 11.8 Å². The van der Waals surface area contributed by atoms with Gasteiger partial charge in [0.25, 0.3) is 11.8 Å². The molecule has 3 rings (SSSR count). The van der Waals surface area contributed by atoms with Gasteiger partial charge in [0, 0.05) is 6.08 Å². The summed E-state index contributed by atoms with van der Waals surface area (Å²) in [7, 11) is 0. The van der Waals surface area contributed by atoms with Crippen molar-refractivity contribution in [3.05, 3.63) is 65.9 Å². The van der Waals surface area contributed by atoms with Crippen LogP contribution in [0.15, 0.2) is 60.3 Å².